The number of fused-ring (bicyclic) bond motifs is 3. The third-order valence-electron chi connectivity index (χ3n) is 3.65. The summed E-state index contributed by atoms with van der Waals surface area (Å²) in [6, 6.07) is 13.0. The molecule has 2 aromatic carbocycles. The van der Waals surface area contributed by atoms with Crippen LogP contribution in [0.5, 0.6) is 0 Å². The molecule has 0 saturated heterocycles. The molecule has 1 aromatic heterocycles. The molecule has 0 amide bonds. The third kappa shape index (κ3) is 1.47. The molecule has 0 atom stereocenters. The van der Waals surface area contributed by atoms with Crippen LogP contribution in [0.3, 0.4) is 0 Å². The monoisotopic (exact) mass is 276 g/mol. The van der Waals surface area contributed by atoms with Crippen LogP contribution in [-0.4, -0.2) is 11.6 Å². The first-order chi connectivity index (χ1) is 10.2. The molecule has 0 fully saturated rings. The lowest BCUT2D eigenvalue weighted by Crippen LogP contribution is -2.27. The van der Waals surface area contributed by atoms with Gasteiger partial charge in [-0.15, -0.1) is 0 Å². The number of carbonyl (C=O) groups excluding carboxylic acids is 2. The molecule has 21 heavy (non-hydrogen) atoms. The maximum absolute atomic E-state index is 12.5. The van der Waals surface area contributed by atoms with Gasteiger partial charge in [-0.1, -0.05) is 36.4 Å². The van der Waals surface area contributed by atoms with Gasteiger partial charge in [-0.25, -0.2) is 0 Å². The number of carbonyl (C=O) groups is 2. The van der Waals surface area contributed by atoms with Crippen molar-refractivity contribution in [1.29, 1.82) is 0 Å². The van der Waals surface area contributed by atoms with Crippen LogP contribution in [0.1, 0.15) is 32.0 Å². The van der Waals surface area contributed by atoms with Gasteiger partial charge in [0.25, 0.3) is 0 Å². The molecule has 0 spiro atoms. The molecule has 0 aliphatic heterocycles. The number of hydrogen-bond donors (Lipinski definition) is 0. The summed E-state index contributed by atoms with van der Waals surface area (Å²) in [6.07, 6.45) is 0. The predicted octanol–water partition coefficient (Wildman–Crippen LogP) is 2.57. The summed E-state index contributed by atoms with van der Waals surface area (Å²) < 4.78 is 5.53. The van der Waals surface area contributed by atoms with E-state index in [0.29, 0.717) is 11.0 Å². The van der Waals surface area contributed by atoms with Gasteiger partial charge in [-0.05, 0) is 12.1 Å². The lowest BCUT2D eigenvalue weighted by Gasteiger charge is -2.15. The zero-order valence-corrected chi connectivity index (χ0v) is 10.8. The van der Waals surface area contributed by atoms with Crippen LogP contribution in [0.25, 0.3) is 11.0 Å². The Morgan fingerprint density at radius 2 is 1.33 bits per heavy atom. The SMILES string of the molecule is O=C1c2ccccc2C(=O)c2c1oc1ccccc1c2=O. The number of benzene rings is 2. The summed E-state index contributed by atoms with van der Waals surface area (Å²) in [4.78, 5) is 37.5. The minimum Gasteiger partial charge on any atom is -0.452 e. The summed E-state index contributed by atoms with van der Waals surface area (Å²) >= 11 is 0. The average molecular weight is 276 g/mol. The second-order valence-corrected chi connectivity index (χ2v) is 4.84. The molecule has 1 aliphatic carbocycles. The number of rotatable bonds is 0. The van der Waals surface area contributed by atoms with Crippen LogP contribution in [0.4, 0.5) is 0 Å². The van der Waals surface area contributed by atoms with E-state index in [4.69, 9.17) is 4.42 Å². The van der Waals surface area contributed by atoms with E-state index < -0.39 is 17.0 Å². The summed E-state index contributed by atoms with van der Waals surface area (Å²) in [5, 5.41) is 0.303. The van der Waals surface area contributed by atoms with E-state index >= 15 is 0 Å². The van der Waals surface area contributed by atoms with Crippen LogP contribution < -0.4 is 5.43 Å². The molecule has 0 N–H and O–H groups in total. The Hall–Kier alpha value is -3.01. The van der Waals surface area contributed by atoms with E-state index in [9.17, 15) is 14.4 Å². The van der Waals surface area contributed by atoms with E-state index in [1.807, 2.05) is 0 Å². The molecule has 3 aromatic rings. The fourth-order valence-corrected chi connectivity index (χ4v) is 2.64. The van der Waals surface area contributed by atoms with Crippen molar-refractivity contribution in [1.82, 2.24) is 0 Å². The van der Waals surface area contributed by atoms with Gasteiger partial charge in [0.2, 0.25) is 17.0 Å². The Morgan fingerprint density at radius 3 is 2.10 bits per heavy atom. The molecule has 100 valence electrons. The summed E-state index contributed by atoms with van der Waals surface area (Å²) in [7, 11) is 0. The lowest BCUT2D eigenvalue weighted by molar-refractivity contribution is 0.0957. The van der Waals surface area contributed by atoms with Crippen molar-refractivity contribution in [2.24, 2.45) is 0 Å². The standard InChI is InChI=1S/C17H8O4/c18-14-9-5-1-2-6-10(9)16(20)17-13(14)15(19)11-7-3-4-8-12(11)21-17/h1-8H. The Bertz CT molecular complexity index is 995. The molecular weight excluding hydrogens is 268 g/mol. The minimum absolute atomic E-state index is 0.164. The van der Waals surface area contributed by atoms with Crippen molar-refractivity contribution in [3.8, 4) is 0 Å². The quantitative estimate of drug-likeness (QED) is 0.495. The fourth-order valence-electron chi connectivity index (χ4n) is 2.64. The lowest BCUT2D eigenvalue weighted by atomic mass is 9.87. The van der Waals surface area contributed by atoms with E-state index in [1.54, 1.807) is 48.5 Å². The topological polar surface area (TPSA) is 64.3 Å². The maximum Gasteiger partial charge on any atom is 0.229 e. The van der Waals surface area contributed by atoms with Gasteiger partial charge in [0.05, 0.1) is 5.39 Å². The molecular formula is C17H8O4. The van der Waals surface area contributed by atoms with E-state index in [-0.39, 0.29) is 22.5 Å². The van der Waals surface area contributed by atoms with Gasteiger partial charge in [0.15, 0.2) is 5.76 Å². The molecule has 0 radical (unpaired) electrons. The Labute approximate surface area is 118 Å². The molecule has 4 nitrogen and oxygen atoms in total. The van der Waals surface area contributed by atoms with Crippen molar-refractivity contribution in [2.75, 3.05) is 0 Å². The number of hydrogen-bond acceptors (Lipinski definition) is 4. The highest BCUT2D eigenvalue weighted by molar-refractivity contribution is 6.27. The van der Waals surface area contributed by atoms with Gasteiger partial charge >= 0.3 is 0 Å². The summed E-state index contributed by atoms with van der Waals surface area (Å²) in [5.41, 5.74) is 0.199. The van der Waals surface area contributed by atoms with Crippen molar-refractivity contribution < 1.29 is 14.0 Å². The minimum atomic E-state index is -0.459. The van der Waals surface area contributed by atoms with Gasteiger partial charge < -0.3 is 4.42 Å². The van der Waals surface area contributed by atoms with Gasteiger partial charge in [-0.3, -0.25) is 14.4 Å². The maximum atomic E-state index is 12.5. The summed E-state index contributed by atoms with van der Waals surface area (Å²) in [6.45, 7) is 0. The Kier molecular flexibility index (Phi) is 2.24. The third-order valence-corrected chi connectivity index (χ3v) is 3.65. The normalized spacial score (nSPS) is 13.1. The molecule has 4 heteroatoms. The van der Waals surface area contributed by atoms with E-state index in [2.05, 4.69) is 0 Å². The van der Waals surface area contributed by atoms with Crippen molar-refractivity contribution in [3.05, 3.63) is 81.2 Å². The highest BCUT2D eigenvalue weighted by atomic mass is 16.3. The molecule has 4 rings (SSSR count). The van der Waals surface area contributed by atoms with Crippen molar-refractivity contribution >= 4 is 22.5 Å². The zero-order chi connectivity index (χ0) is 14.6. The number of para-hydroxylation sites is 1. The van der Waals surface area contributed by atoms with Crippen LogP contribution in [0.15, 0.2) is 57.7 Å². The Morgan fingerprint density at radius 1 is 0.714 bits per heavy atom. The van der Waals surface area contributed by atoms with E-state index in [1.165, 1.54) is 0 Å². The molecule has 0 unspecified atom stereocenters. The van der Waals surface area contributed by atoms with Crippen LogP contribution in [0.2, 0.25) is 0 Å². The van der Waals surface area contributed by atoms with Crippen LogP contribution >= 0.6 is 0 Å². The molecule has 0 bridgehead atoms. The zero-order valence-electron chi connectivity index (χ0n) is 10.8. The number of ketones is 2. The molecule has 1 aliphatic rings. The van der Waals surface area contributed by atoms with Gasteiger partial charge in [0.1, 0.15) is 11.1 Å². The van der Waals surface area contributed by atoms with E-state index in [0.717, 1.165) is 0 Å². The van der Waals surface area contributed by atoms with Gasteiger partial charge in [-0.2, -0.15) is 0 Å². The van der Waals surface area contributed by atoms with Gasteiger partial charge in [0, 0.05) is 11.1 Å². The summed E-state index contributed by atoms with van der Waals surface area (Å²) in [5.74, 6) is -1.05. The predicted molar refractivity (Wildman–Crippen MR) is 75.8 cm³/mol. The molecule has 1 heterocycles. The first kappa shape index (κ1) is 11.8. The molecule has 0 saturated carbocycles. The smallest absolute Gasteiger partial charge is 0.229 e. The second kappa shape index (κ2) is 3.99. The highest BCUT2D eigenvalue weighted by Crippen LogP contribution is 2.27. The van der Waals surface area contributed by atoms with Crippen LogP contribution in [-0.2, 0) is 0 Å². The Balaban J connectivity index is 2.17. The average Bonchev–Trinajstić information content (AvgIpc) is 2.52. The van der Waals surface area contributed by atoms with Crippen molar-refractivity contribution in [3.63, 3.8) is 0 Å². The van der Waals surface area contributed by atoms with Crippen molar-refractivity contribution in [2.45, 2.75) is 0 Å². The second-order valence-electron chi connectivity index (χ2n) is 4.84. The first-order valence-corrected chi connectivity index (χ1v) is 6.43. The fraction of sp³-hybridized carbons (Fsp3) is 0. The van der Waals surface area contributed by atoms with Crippen LogP contribution in [0, 0.1) is 0 Å². The highest BCUT2D eigenvalue weighted by Gasteiger charge is 2.34. The first-order valence-electron chi connectivity index (χ1n) is 6.43. The largest absolute Gasteiger partial charge is 0.452 e.